The van der Waals surface area contributed by atoms with Gasteiger partial charge in [0, 0.05) is 37.9 Å². The van der Waals surface area contributed by atoms with E-state index in [1.807, 2.05) is 0 Å². The van der Waals surface area contributed by atoms with Crippen LogP contribution in [0.1, 0.15) is 16.7 Å². The molecule has 1 saturated heterocycles. The summed E-state index contributed by atoms with van der Waals surface area (Å²) in [7, 11) is 2.17. The molecule has 1 heterocycles. The summed E-state index contributed by atoms with van der Waals surface area (Å²) in [4.78, 5) is 4.87. The Hall–Kier alpha value is -1.06. The Balaban J connectivity index is 2.27. The van der Waals surface area contributed by atoms with E-state index in [1.165, 1.54) is 22.4 Å². The van der Waals surface area contributed by atoms with Crippen molar-refractivity contribution in [2.45, 2.75) is 26.8 Å². The highest BCUT2D eigenvalue weighted by Gasteiger charge is 2.24. The van der Waals surface area contributed by atoms with Crippen molar-refractivity contribution in [1.82, 2.24) is 4.90 Å². The Bertz CT molecular complexity index is 405. The second-order valence-corrected chi connectivity index (χ2v) is 5.56. The number of hydrogen-bond acceptors (Lipinski definition) is 3. The molecule has 1 aromatic carbocycles. The van der Waals surface area contributed by atoms with Gasteiger partial charge in [-0.3, -0.25) is 4.90 Å². The normalized spacial score (nSPS) is 21.4. The maximum Gasteiger partial charge on any atom is 0.0426 e. The molecule has 2 N–H and O–H groups in total. The zero-order valence-electron chi connectivity index (χ0n) is 12.0. The van der Waals surface area contributed by atoms with Gasteiger partial charge in [0.05, 0.1) is 0 Å². The number of benzene rings is 1. The number of nitrogens with zero attached hydrogens (tertiary/aromatic N) is 2. The fourth-order valence-corrected chi connectivity index (χ4v) is 3.07. The molecule has 1 fully saturated rings. The second kappa shape index (κ2) is 5.29. The minimum absolute atomic E-state index is 0.471. The van der Waals surface area contributed by atoms with Gasteiger partial charge in [-0.15, -0.1) is 0 Å². The predicted octanol–water partition coefficient (Wildman–Crippen LogP) is 1.69. The number of likely N-dealkylation sites (N-methyl/N-ethyl adjacent to an activating group) is 1. The van der Waals surface area contributed by atoms with Gasteiger partial charge in [-0.05, 0) is 38.9 Å². The van der Waals surface area contributed by atoms with Gasteiger partial charge in [0.15, 0.2) is 0 Å². The summed E-state index contributed by atoms with van der Waals surface area (Å²) in [6.07, 6.45) is 0. The first-order valence-electron chi connectivity index (χ1n) is 6.76. The third-order valence-electron chi connectivity index (χ3n) is 4.00. The van der Waals surface area contributed by atoms with E-state index in [0.29, 0.717) is 6.04 Å². The van der Waals surface area contributed by atoms with Crippen molar-refractivity contribution in [2.75, 3.05) is 38.1 Å². The maximum absolute atomic E-state index is 5.87. The Morgan fingerprint density at radius 1 is 1.17 bits per heavy atom. The lowest BCUT2D eigenvalue weighted by Crippen LogP contribution is -2.54. The van der Waals surface area contributed by atoms with Gasteiger partial charge in [0.25, 0.3) is 0 Å². The highest BCUT2D eigenvalue weighted by molar-refractivity contribution is 5.60. The molecule has 1 unspecified atom stereocenters. The zero-order valence-corrected chi connectivity index (χ0v) is 12.0. The molecule has 0 spiro atoms. The lowest BCUT2D eigenvalue weighted by atomic mass is 10.0. The van der Waals surface area contributed by atoms with Gasteiger partial charge in [0.2, 0.25) is 0 Å². The van der Waals surface area contributed by atoms with Crippen LogP contribution >= 0.6 is 0 Å². The molecule has 0 radical (unpaired) electrons. The van der Waals surface area contributed by atoms with E-state index in [4.69, 9.17) is 5.73 Å². The number of rotatable bonds is 2. The fraction of sp³-hybridized carbons (Fsp3) is 0.600. The van der Waals surface area contributed by atoms with Crippen molar-refractivity contribution in [1.29, 1.82) is 0 Å². The van der Waals surface area contributed by atoms with Crippen LogP contribution < -0.4 is 10.6 Å². The first kappa shape index (κ1) is 13.4. The Morgan fingerprint density at radius 3 is 2.33 bits per heavy atom. The van der Waals surface area contributed by atoms with Crippen molar-refractivity contribution >= 4 is 5.69 Å². The van der Waals surface area contributed by atoms with E-state index < -0.39 is 0 Å². The Labute approximate surface area is 111 Å². The number of aryl methyl sites for hydroxylation is 3. The topological polar surface area (TPSA) is 32.5 Å². The van der Waals surface area contributed by atoms with E-state index in [-0.39, 0.29) is 0 Å². The van der Waals surface area contributed by atoms with E-state index in [1.54, 1.807) is 0 Å². The van der Waals surface area contributed by atoms with Crippen LogP contribution in [-0.4, -0.2) is 44.2 Å². The monoisotopic (exact) mass is 247 g/mol. The summed E-state index contributed by atoms with van der Waals surface area (Å²) in [6, 6.07) is 5.02. The third kappa shape index (κ3) is 2.52. The predicted molar refractivity (Wildman–Crippen MR) is 78.3 cm³/mol. The lowest BCUT2D eigenvalue weighted by Gasteiger charge is -2.41. The quantitative estimate of drug-likeness (QED) is 0.863. The summed E-state index contributed by atoms with van der Waals surface area (Å²) in [5.41, 5.74) is 11.4. The Kier molecular flexibility index (Phi) is 3.93. The molecule has 3 nitrogen and oxygen atoms in total. The van der Waals surface area contributed by atoms with Crippen LogP contribution in [0.3, 0.4) is 0 Å². The van der Waals surface area contributed by atoms with Crippen LogP contribution in [0.2, 0.25) is 0 Å². The average Bonchev–Trinajstić information content (AvgIpc) is 2.30. The molecule has 1 aromatic rings. The van der Waals surface area contributed by atoms with E-state index in [9.17, 15) is 0 Å². The number of nitrogens with two attached hydrogens (primary N) is 1. The van der Waals surface area contributed by atoms with Crippen molar-refractivity contribution in [3.63, 3.8) is 0 Å². The van der Waals surface area contributed by atoms with Crippen molar-refractivity contribution in [2.24, 2.45) is 5.73 Å². The number of anilines is 1. The van der Waals surface area contributed by atoms with Crippen LogP contribution in [0.15, 0.2) is 12.1 Å². The van der Waals surface area contributed by atoms with Crippen LogP contribution in [0.5, 0.6) is 0 Å². The summed E-state index contributed by atoms with van der Waals surface area (Å²) >= 11 is 0. The molecule has 2 rings (SSSR count). The van der Waals surface area contributed by atoms with Crippen LogP contribution in [0.4, 0.5) is 5.69 Å². The molecule has 100 valence electrons. The molecule has 0 saturated carbocycles. The van der Waals surface area contributed by atoms with Crippen LogP contribution in [-0.2, 0) is 0 Å². The molecule has 18 heavy (non-hydrogen) atoms. The third-order valence-corrected chi connectivity index (χ3v) is 4.00. The van der Waals surface area contributed by atoms with Gasteiger partial charge in [-0.1, -0.05) is 17.7 Å². The van der Waals surface area contributed by atoms with Crippen molar-refractivity contribution in [3.05, 3.63) is 28.8 Å². The maximum atomic E-state index is 5.87. The van der Waals surface area contributed by atoms with Gasteiger partial charge in [0.1, 0.15) is 0 Å². The fourth-order valence-electron chi connectivity index (χ4n) is 3.07. The minimum Gasteiger partial charge on any atom is -0.368 e. The summed E-state index contributed by atoms with van der Waals surface area (Å²) < 4.78 is 0. The molecule has 1 atom stereocenters. The molecule has 0 aromatic heterocycles. The number of hydrogen-bond donors (Lipinski definition) is 1. The van der Waals surface area contributed by atoms with Crippen LogP contribution in [0, 0.1) is 20.8 Å². The highest BCUT2D eigenvalue weighted by atomic mass is 15.3. The lowest BCUT2D eigenvalue weighted by molar-refractivity contribution is 0.223. The molecule has 0 aliphatic carbocycles. The van der Waals surface area contributed by atoms with Crippen molar-refractivity contribution < 1.29 is 0 Å². The largest absolute Gasteiger partial charge is 0.368 e. The second-order valence-electron chi connectivity index (χ2n) is 5.56. The van der Waals surface area contributed by atoms with Crippen molar-refractivity contribution in [3.8, 4) is 0 Å². The average molecular weight is 247 g/mol. The summed E-state index contributed by atoms with van der Waals surface area (Å²) in [6.45, 7) is 10.5. The highest BCUT2D eigenvalue weighted by Crippen LogP contribution is 2.27. The summed E-state index contributed by atoms with van der Waals surface area (Å²) in [5.74, 6) is 0. The first-order chi connectivity index (χ1) is 8.52. The van der Waals surface area contributed by atoms with Gasteiger partial charge in [-0.2, -0.15) is 0 Å². The van der Waals surface area contributed by atoms with E-state index in [0.717, 1.165) is 26.2 Å². The van der Waals surface area contributed by atoms with E-state index >= 15 is 0 Å². The standard InChI is InChI=1S/C15H25N3/c1-11-7-12(2)15(13(3)8-11)18-6-5-17(4)14(9-16)10-18/h7-8,14H,5-6,9-10,16H2,1-4H3. The van der Waals surface area contributed by atoms with Gasteiger partial charge >= 0.3 is 0 Å². The molecule has 0 amide bonds. The zero-order chi connectivity index (χ0) is 13.3. The molecule has 1 aliphatic heterocycles. The minimum atomic E-state index is 0.471. The summed E-state index contributed by atoms with van der Waals surface area (Å²) in [5, 5.41) is 0. The molecule has 3 heteroatoms. The smallest absolute Gasteiger partial charge is 0.0426 e. The van der Waals surface area contributed by atoms with E-state index in [2.05, 4.69) is 49.8 Å². The molecular weight excluding hydrogens is 222 g/mol. The van der Waals surface area contributed by atoms with Gasteiger partial charge < -0.3 is 10.6 Å². The Morgan fingerprint density at radius 2 is 1.78 bits per heavy atom. The molecular formula is C15H25N3. The first-order valence-corrected chi connectivity index (χ1v) is 6.76. The van der Waals surface area contributed by atoms with Gasteiger partial charge in [-0.25, -0.2) is 0 Å². The van der Waals surface area contributed by atoms with Crippen LogP contribution in [0.25, 0.3) is 0 Å². The molecule has 1 aliphatic rings. The SMILES string of the molecule is Cc1cc(C)c(N2CCN(C)C(CN)C2)c(C)c1. The molecule has 0 bridgehead atoms. The number of piperazine rings is 1.